The molecule has 1 aliphatic heterocycles. The van der Waals surface area contributed by atoms with Crippen LogP contribution in [-0.2, 0) is 14.3 Å². The van der Waals surface area contributed by atoms with Gasteiger partial charge in [0.2, 0.25) is 0 Å². The monoisotopic (exact) mass is 273 g/mol. The average Bonchev–Trinajstić information content (AvgIpc) is 2.74. The third-order valence-corrected chi connectivity index (χ3v) is 3.32. The number of ether oxygens (including phenoxy) is 1. The molecule has 1 heterocycles. The van der Waals surface area contributed by atoms with Gasteiger partial charge in [-0.25, -0.2) is 4.79 Å². The van der Waals surface area contributed by atoms with Crippen molar-refractivity contribution >= 4 is 11.9 Å². The van der Waals surface area contributed by atoms with Crippen molar-refractivity contribution in [3.8, 4) is 0 Å². The van der Waals surface area contributed by atoms with E-state index in [9.17, 15) is 14.7 Å². The van der Waals surface area contributed by atoms with Crippen LogP contribution in [-0.4, -0.2) is 45.9 Å². The van der Waals surface area contributed by atoms with E-state index >= 15 is 0 Å². The standard InChI is InChI=1S/C13H23NO5/c1-8(10(16)17)9(15)13(6-5-7-14-13)11(18)19-12(2,3)4/h8-9,14-15H,5-7H2,1-4H3,(H,16,17)/t8-,9-,13+/m1/s1. The zero-order valence-electron chi connectivity index (χ0n) is 11.9. The Morgan fingerprint density at radius 3 is 2.32 bits per heavy atom. The molecule has 6 heteroatoms. The molecule has 0 spiro atoms. The van der Waals surface area contributed by atoms with Gasteiger partial charge in [-0.3, -0.25) is 10.1 Å². The molecular weight excluding hydrogens is 250 g/mol. The van der Waals surface area contributed by atoms with Gasteiger partial charge in [-0.2, -0.15) is 0 Å². The topological polar surface area (TPSA) is 95.9 Å². The number of aliphatic hydroxyl groups is 1. The number of carboxylic acids is 1. The molecule has 0 saturated carbocycles. The number of aliphatic hydroxyl groups excluding tert-OH is 1. The molecule has 1 rings (SSSR count). The number of nitrogens with one attached hydrogen (secondary N) is 1. The number of carbonyl (C=O) groups excluding carboxylic acids is 1. The van der Waals surface area contributed by atoms with Crippen LogP contribution in [0.2, 0.25) is 0 Å². The first-order valence-corrected chi connectivity index (χ1v) is 6.49. The fourth-order valence-corrected chi connectivity index (χ4v) is 2.25. The Morgan fingerprint density at radius 2 is 1.95 bits per heavy atom. The zero-order valence-corrected chi connectivity index (χ0v) is 11.9. The molecule has 1 aliphatic rings. The molecule has 6 nitrogen and oxygen atoms in total. The van der Waals surface area contributed by atoms with Gasteiger partial charge in [0.15, 0.2) is 0 Å². The lowest BCUT2D eigenvalue weighted by atomic mass is 9.83. The van der Waals surface area contributed by atoms with Crippen molar-refractivity contribution < 1.29 is 24.5 Å². The summed E-state index contributed by atoms with van der Waals surface area (Å²) >= 11 is 0. The maximum absolute atomic E-state index is 12.3. The van der Waals surface area contributed by atoms with Crippen molar-refractivity contribution in [2.45, 2.75) is 57.8 Å². The second-order valence-corrected chi connectivity index (χ2v) is 6.08. The lowest BCUT2D eigenvalue weighted by Crippen LogP contribution is -2.61. The second-order valence-electron chi connectivity index (χ2n) is 6.08. The highest BCUT2D eigenvalue weighted by molar-refractivity contribution is 5.84. The van der Waals surface area contributed by atoms with Crippen LogP contribution in [0.25, 0.3) is 0 Å². The van der Waals surface area contributed by atoms with Crippen LogP contribution in [0.1, 0.15) is 40.5 Å². The first kappa shape index (κ1) is 15.9. The first-order valence-electron chi connectivity index (χ1n) is 6.49. The molecule has 0 aliphatic carbocycles. The molecule has 0 aromatic heterocycles. The van der Waals surface area contributed by atoms with Gasteiger partial charge in [0, 0.05) is 0 Å². The Morgan fingerprint density at radius 1 is 1.37 bits per heavy atom. The van der Waals surface area contributed by atoms with Gasteiger partial charge in [-0.15, -0.1) is 0 Å². The van der Waals surface area contributed by atoms with Crippen LogP contribution in [0.5, 0.6) is 0 Å². The normalized spacial score (nSPS) is 26.8. The summed E-state index contributed by atoms with van der Waals surface area (Å²) in [5.74, 6) is -2.76. The van der Waals surface area contributed by atoms with Crippen LogP contribution in [0.15, 0.2) is 0 Å². The van der Waals surface area contributed by atoms with Gasteiger partial charge in [0.1, 0.15) is 11.1 Å². The summed E-state index contributed by atoms with van der Waals surface area (Å²) < 4.78 is 5.32. The maximum atomic E-state index is 12.3. The van der Waals surface area contributed by atoms with Crippen molar-refractivity contribution in [3.05, 3.63) is 0 Å². The smallest absolute Gasteiger partial charge is 0.329 e. The van der Waals surface area contributed by atoms with Crippen molar-refractivity contribution in [3.63, 3.8) is 0 Å². The fourth-order valence-electron chi connectivity index (χ4n) is 2.25. The van der Waals surface area contributed by atoms with Crippen LogP contribution in [0, 0.1) is 5.92 Å². The van der Waals surface area contributed by atoms with Gasteiger partial charge in [0.05, 0.1) is 12.0 Å². The van der Waals surface area contributed by atoms with Crippen molar-refractivity contribution in [2.75, 3.05) is 6.54 Å². The van der Waals surface area contributed by atoms with E-state index in [4.69, 9.17) is 9.84 Å². The molecule has 3 atom stereocenters. The van der Waals surface area contributed by atoms with Crippen LogP contribution < -0.4 is 5.32 Å². The van der Waals surface area contributed by atoms with Crippen molar-refractivity contribution in [1.82, 2.24) is 5.32 Å². The maximum Gasteiger partial charge on any atom is 0.329 e. The lowest BCUT2D eigenvalue weighted by molar-refractivity contribution is -0.171. The fraction of sp³-hybridized carbons (Fsp3) is 0.846. The number of aliphatic carboxylic acids is 1. The molecule has 0 radical (unpaired) electrons. The second kappa shape index (κ2) is 5.46. The molecule has 0 amide bonds. The minimum absolute atomic E-state index is 0.376. The highest BCUT2D eigenvalue weighted by Gasteiger charge is 2.52. The van der Waals surface area contributed by atoms with Crippen molar-refractivity contribution in [2.24, 2.45) is 5.92 Å². The summed E-state index contributed by atoms with van der Waals surface area (Å²) in [6.07, 6.45) is -0.245. The molecular formula is C13H23NO5. The summed E-state index contributed by atoms with van der Waals surface area (Å²) in [5.41, 5.74) is -1.99. The number of hydrogen-bond acceptors (Lipinski definition) is 5. The van der Waals surface area contributed by atoms with Gasteiger partial charge in [0.25, 0.3) is 0 Å². The highest BCUT2D eigenvalue weighted by Crippen LogP contribution is 2.30. The summed E-state index contributed by atoms with van der Waals surface area (Å²) in [6, 6.07) is 0. The quantitative estimate of drug-likeness (QED) is 0.647. The van der Waals surface area contributed by atoms with E-state index in [1.54, 1.807) is 20.8 Å². The third-order valence-electron chi connectivity index (χ3n) is 3.32. The zero-order chi connectivity index (χ0) is 14.8. The van der Waals surface area contributed by atoms with Gasteiger partial charge < -0.3 is 14.9 Å². The van der Waals surface area contributed by atoms with Crippen LogP contribution in [0.4, 0.5) is 0 Å². The number of carbonyl (C=O) groups is 2. The van der Waals surface area contributed by atoms with E-state index in [0.29, 0.717) is 19.4 Å². The Kier molecular flexibility index (Phi) is 4.58. The number of esters is 1. The molecule has 0 aromatic rings. The van der Waals surface area contributed by atoms with E-state index in [1.165, 1.54) is 6.92 Å². The Labute approximate surface area is 113 Å². The Bertz CT molecular complexity index is 355. The molecule has 3 N–H and O–H groups in total. The van der Waals surface area contributed by atoms with E-state index in [-0.39, 0.29) is 0 Å². The van der Waals surface area contributed by atoms with Gasteiger partial charge >= 0.3 is 11.9 Å². The number of hydrogen-bond donors (Lipinski definition) is 3. The molecule has 0 unspecified atom stereocenters. The lowest BCUT2D eigenvalue weighted by Gasteiger charge is -2.36. The van der Waals surface area contributed by atoms with Gasteiger partial charge in [-0.1, -0.05) is 0 Å². The van der Waals surface area contributed by atoms with E-state index in [1.807, 2.05) is 0 Å². The molecule has 1 fully saturated rings. The number of rotatable bonds is 4. The SMILES string of the molecule is C[C@@H](C(=O)O)[C@@H](O)[C@]1(C(=O)OC(C)(C)C)CCCN1. The molecule has 19 heavy (non-hydrogen) atoms. The van der Waals surface area contributed by atoms with Crippen LogP contribution in [0.3, 0.4) is 0 Å². The van der Waals surface area contributed by atoms with E-state index in [0.717, 1.165) is 0 Å². The molecule has 1 saturated heterocycles. The molecule has 110 valence electrons. The van der Waals surface area contributed by atoms with E-state index < -0.39 is 35.1 Å². The summed E-state index contributed by atoms with van der Waals surface area (Å²) in [7, 11) is 0. The third kappa shape index (κ3) is 3.45. The summed E-state index contributed by atoms with van der Waals surface area (Å²) in [5, 5.41) is 22.2. The molecule has 0 bridgehead atoms. The van der Waals surface area contributed by atoms with Crippen LogP contribution >= 0.6 is 0 Å². The highest BCUT2D eigenvalue weighted by atomic mass is 16.6. The predicted octanol–water partition coefficient (Wildman–Crippen LogP) is 0.532. The van der Waals surface area contributed by atoms with E-state index in [2.05, 4.69) is 5.32 Å². The summed E-state index contributed by atoms with van der Waals surface area (Å²) in [4.78, 5) is 23.3. The Hall–Kier alpha value is -1.14. The predicted molar refractivity (Wildman–Crippen MR) is 68.6 cm³/mol. The first-order chi connectivity index (χ1) is 8.60. The van der Waals surface area contributed by atoms with Crippen molar-refractivity contribution in [1.29, 1.82) is 0 Å². The minimum atomic E-state index is -1.32. The molecule has 0 aromatic carbocycles. The summed E-state index contributed by atoms with van der Waals surface area (Å²) in [6.45, 7) is 7.16. The Balaban J connectivity index is 2.97. The minimum Gasteiger partial charge on any atom is -0.481 e. The average molecular weight is 273 g/mol. The van der Waals surface area contributed by atoms with Gasteiger partial charge in [-0.05, 0) is 47.1 Å². The largest absolute Gasteiger partial charge is 0.481 e. The number of carboxylic acid groups (broad SMARTS) is 1.